The lowest BCUT2D eigenvalue weighted by Crippen LogP contribution is -2.36. The summed E-state index contributed by atoms with van der Waals surface area (Å²) in [5.74, 6) is 2.19. The van der Waals surface area contributed by atoms with Crippen LogP contribution in [0, 0.1) is 5.92 Å². The third kappa shape index (κ3) is 2.12. The fraction of sp³-hybridized carbons (Fsp3) is 0.833. The first-order valence-electron chi connectivity index (χ1n) is 6.24. The molecule has 0 bridgehead atoms. The van der Waals surface area contributed by atoms with E-state index in [2.05, 4.69) is 36.2 Å². The van der Waals surface area contributed by atoms with E-state index in [0.29, 0.717) is 5.92 Å². The van der Waals surface area contributed by atoms with Gasteiger partial charge in [-0.1, -0.05) is 25.9 Å². The average Bonchev–Trinajstić information content (AvgIpc) is 2.85. The standard InChI is InChI=1S/C12H21N3O/c1-4-12(6-5-7-13-12)11-14-10(15-16-11)8-9(2)3/h9,13H,4-8H2,1-3H3. The Hall–Kier alpha value is -0.900. The maximum atomic E-state index is 5.42. The molecule has 0 radical (unpaired) electrons. The Morgan fingerprint density at radius 3 is 2.88 bits per heavy atom. The van der Waals surface area contributed by atoms with Crippen LogP contribution in [0.4, 0.5) is 0 Å². The zero-order valence-electron chi connectivity index (χ0n) is 10.4. The second-order valence-electron chi connectivity index (χ2n) is 5.08. The summed E-state index contributed by atoms with van der Waals surface area (Å²) in [4.78, 5) is 4.54. The minimum Gasteiger partial charge on any atom is -0.337 e. The third-order valence-corrected chi connectivity index (χ3v) is 3.32. The lowest BCUT2D eigenvalue weighted by molar-refractivity contribution is 0.249. The molecule has 4 heteroatoms. The van der Waals surface area contributed by atoms with Crippen molar-refractivity contribution < 1.29 is 4.52 Å². The van der Waals surface area contributed by atoms with Crippen molar-refractivity contribution in [3.63, 3.8) is 0 Å². The molecule has 1 fully saturated rings. The lowest BCUT2D eigenvalue weighted by atomic mass is 9.94. The quantitative estimate of drug-likeness (QED) is 0.850. The van der Waals surface area contributed by atoms with E-state index in [1.807, 2.05) is 0 Å². The summed E-state index contributed by atoms with van der Waals surface area (Å²) in [6.07, 6.45) is 4.20. The largest absolute Gasteiger partial charge is 0.337 e. The number of aromatic nitrogens is 2. The van der Waals surface area contributed by atoms with Gasteiger partial charge in [-0.25, -0.2) is 0 Å². The zero-order valence-corrected chi connectivity index (χ0v) is 10.4. The monoisotopic (exact) mass is 223 g/mol. The lowest BCUT2D eigenvalue weighted by Gasteiger charge is -2.22. The first-order valence-corrected chi connectivity index (χ1v) is 6.24. The van der Waals surface area contributed by atoms with Crippen LogP contribution in [0.5, 0.6) is 0 Å². The predicted octanol–water partition coefficient (Wildman–Crippen LogP) is 2.26. The van der Waals surface area contributed by atoms with E-state index in [1.54, 1.807) is 0 Å². The summed E-state index contributed by atoms with van der Waals surface area (Å²) in [6.45, 7) is 7.55. The number of hydrogen-bond donors (Lipinski definition) is 1. The van der Waals surface area contributed by atoms with E-state index >= 15 is 0 Å². The second kappa shape index (κ2) is 4.53. The van der Waals surface area contributed by atoms with Crippen LogP contribution in [-0.2, 0) is 12.0 Å². The summed E-state index contributed by atoms with van der Waals surface area (Å²) in [5, 5.41) is 7.57. The highest BCUT2D eigenvalue weighted by atomic mass is 16.5. The Labute approximate surface area is 96.8 Å². The average molecular weight is 223 g/mol. The molecule has 0 saturated carbocycles. The second-order valence-corrected chi connectivity index (χ2v) is 5.08. The van der Waals surface area contributed by atoms with E-state index in [1.165, 1.54) is 6.42 Å². The van der Waals surface area contributed by atoms with Crippen molar-refractivity contribution in [3.8, 4) is 0 Å². The molecule has 1 aromatic rings. The summed E-state index contributed by atoms with van der Waals surface area (Å²) in [5.41, 5.74) is -0.0533. The minimum absolute atomic E-state index is 0.0533. The van der Waals surface area contributed by atoms with E-state index in [9.17, 15) is 0 Å². The normalized spacial score (nSPS) is 25.5. The van der Waals surface area contributed by atoms with Crippen molar-refractivity contribution >= 4 is 0 Å². The molecule has 0 spiro atoms. The highest BCUT2D eigenvalue weighted by Gasteiger charge is 2.38. The molecule has 2 rings (SSSR count). The summed E-state index contributed by atoms with van der Waals surface area (Å²) >= 11 is 0. The molecule has 16 heavy (non-hydrogen) atoms. The van der Waals surface area contributed by atoms with Crippen molar-refractivity contribution in [1.29, 1.82) is 0 Å². The van der Waals surface area contributed by atoms with Crippen LogP contribution in [0.25, 0.3) is 0 Å². The molecule has 1 N–H and O–H groups in total. The van der Waals surface area contributed by atoms with Crippen LogP contribution in [0.3, 0.4) is 0 Å². The first-order chi connectivity index (χ1) is 7.66. The molecular formula is C12H21N3O. The smallest absolute Gasteiger partial charge is 0.246 e. The minimum atomic E-state index is -0.0533. The maximum absolute atomic E-state index is 5.42. The molecule has 1 saturated heterocycles. The van der Waals surface area contributed by atoms with Crippen molar-refractivity contribution in [2.24, 2.45) is 5.92 Å². The molecule has 1 aliphatic heterocycles. The van der Waals surface area contributed by atoms with Gasteiger partial charge in [-0.15, -0.1) is 0 Å². The molecule has 1 aromatic heterocycles. The number of hydrogen-bond acceptors (Lipinski definition) is 4. The van der Waals surface area contributed by atoms with Crippen LogP contribution in [0.2, 0.25) is 0 Å². The highest BCUT2D eigenvalue weighted by molar-refractivity contribution is 5.06. The summed E-state index contributed by atoms with van der Waals surface area (Å²) < 4.78 is 5.42. The fourth-order valence-electron chi connectivity index (χ4n) is 2.34. The third-order valence-electron chi connectivity index (χ3n) is 3.32. The van der Waals surface area contributed by atoms with Gasteiger partial charge in [-0.3, -0.25) is 0 Å². The highest BCUT2D eigenvalue weighted by Crippen LogP contribution is 2.32. The molecule has 1 aliphatic rings. The van der Waals surface area contributed by atoms with Crippen LogP contribution < -0.4 is 5.32 Å². The Balaban J connectivity index is 2.16. The SMILES string of the molecule is CCC1(c2nc(CC(C)C)no2)CCCN1. The van der Waals surface area contributed by atoms with Crippen LogP contribution in [0.1, 0.15) is 51.7 Å². The van der Waals surface area contributed by atoms with Crippen molar-refractivity contribution in [1.82, 2.24) is 15.5 Å². The number of nitrogens with zero attached hydrogens (tertiary/aromatic N) is 2. The van der Waals surface area contributed by atoms with Crippen LogP contribution >= 0.6 is 0 Å². The van der Waals surface area contributed by atoms with E-state index in [0.717, 1.165) is 37.5 Å². The van der Waals surface area contributed by atoms with Gasteiger partial charge >= 0.3 is 0 Å². The molecule has 0 amide bonds. The van der Waals surface area contributed by atoms with Gasteiger partial charge in [0.25, 0.3) is 0 Å². The topological polar surface area (TPSA) is 51.0 Å². The molecule has 1 atom stereocenters. The van der Waals surface area contributed by atoms with Gasteiger partial charge < -0.3 is 9.84 Å². The van der Waals surface area contributed by atoms with E-state index in [4.69, 9.17) is 4.52 Å². The first kappa shape index (κ1) is 11.6. The van der Waals surface area contributed by atoms with Crippen LogP contribution in [-0.4, -0.2) is 16.7 Å². The van der Waals surface area contributed by atoms with E-state index < -0.39 is 0 Å². The zero-order chi connectivity index (χ0) is 11.6. The molecule has 2 heterocycles. The Kier molecular flexibility index (Phi) is 3.28. The number of rotatable bonds is 4. The summed E-state index contributed by atoms with van der Waals surface area (Å²) in [6, 6.07) is 0. The molecular weight excluding hydrogens is 202 g/mol. The Morgan fingerprint density at radius 2 is 2.31 bits per heavy atom. The van der Waals surface area contributed by atoms with Gasteiger partial charge in [-0.05, 0) is 31.7 Å². The van der Waals surface area contributed by atoms with Gasteiger partial charge in [-0.2, -0.15) is 4.98 Å². The fourth-order valence-corrected chi connectivity index (χ4v) is 2.34. The van der Waals surface area contributed by atoms with Gasteiger partial charge in [0, 0.05) is 6.42 Å². The van der Waals surface area contributed by atoms with E-state index in [-0.39, 0.29) is 5.54 Å². The Morgan fingerprint density at radius 1 is 1.50 bits per heavy atom. The molecule has 1 unspecified atom stereocenters. The van der Waals surface area contributed by atoms with Gasteiger partial charge in [0.2, 0.25) is 5.89 Å². The summed E-state index contributed by atoms with van der Waals surface area (Å²) in [7, 11) is 0. The molecule has 0 aliphatic carbocycles. The van der Waals surface area contributed by atoms with Crippen molar-refractivity contribution in [2.75, 3.05) is 6.54 Å². The Bertz CT molecular complexity index is 340. The van der Waals surface area contributed by atoms with Gasteiger partial charge in [0.05, 0.1) is 5.54 Å². The number of nitrogens with one attached hydrogen (secondary N) is 1. The predicted molar refractivity (Wildman–Crippen MR) is 62.0 cm³/mol. The van der Waals surface area contributed by atoms with Gasteiger partial charge in [0.15, 0.2) is 5.82 Å². The van der Waals surface area contributed by atoms with Crippen LogP contribution in [0.15, 0.2) is 4.52 Å². The van der Waals surface area contributed by atoms with Crippen molar-refractivity contribution in [3.05, 3.63) is 11.7 Å². The molecule has 0 aromatic carbocycles. The maximum Gasteiger partial charge on any atom is 0.246 e. The molecule has 4 nitrogen and oxygen atoms in total. The van der Waals surface area contributed by atoms with Gasteiger partial charge in [0.1, 0.15) is 0 Å². The molecule has 90 valence electrons. The van der Waals surface area contributed by atoms with Crippen molar-refractivity contribution in [2.45, 2.75) is 52.0 Å².